The van der Waals surface area contributed by atoms with E-state index in [1.165, 1.54) is 4.88 Å². The maximum absolute atomic E-state index is 12.6. The number of thiophene rings is 1. The maximum atomic E-state index is 12.6. The predicted octanol–water partition coefficient (Wildman–Crippen LogP) is 3.55. The zero-order valence-corrected chi connectivity index (χ0v) is 11.1. The second-order valence-electron chi connectivity index (χ2n) is 4.98. The van der Waals surface area contributed by atoms with E-state index in [9.17, 15) is 4.79 Å². The van der Waals surface area contributed by atoms with Crippen LogP contribution in [-0.2, 0) is 5.41 Å². The Hall–Kier alpha value is -1.61. The summed E-state index contributed by atoms with van der Waals surface area (Å²) in [5, 5.41) is 1.97. The van der Waals surface area contributed by atoms with E-state index in [1.807, 2.05) is 42.6 Å². The molecule has 0 amide bonds. The van der Waals surface area contributed by atoms with Gasteiger partial charge < -0.3 is 5.73 Å². The fraction of sp³-hybridized carbons (Fsp3) is 0.267. The van der Waals surface area contributed by atoms with Crippen molar-refractivity contribution in [2.45, 2.75) is 25.2 Å². The van der Waals surface area contributed by atoms with E-state index in [-0.39, 0.29) is 11.2 Å². The van der Waals surface area contributed by atoms with Gasteiger partial charge in [0.05, 0.1) is 5.41 Å². The van der Waals surface area contributed by atoms with Crippen molar-refractivity contribution in [1.29, 1.82) is 0 Å². The quantitative estimate of drug-likeness (QED) is 0.675. The summed E-state index contributed by atoms with van der Waals surface area (Å²) in [5.41, 5.74) is 8.12. The SMILES string of the molecule is Cc1cc(C(=O)C2(c3ccc(N)cc3)CC2)cs1. The van der Waals surface area contributed by atoms with Crippen LogP contribution in [0, 0.1) is 6.92 Å². The summed E-state index contributed by atoms with van der Waals surface area (Å²) in [6.07, 6.45) is 1.90. The molecule has 0 spiro atoms. The summed E-state index contributed by atoms with van der Waals surface area (Å²) in [7, 11) is 0. The Labute approximate surface area is 110 Å². The van der Waals surface area contributed by atoms with Crippen molar-refractivity contribution >= 4 is 22.8 Å². The molecule has 0 unspecified atom stereocenters. The van der Waals surface area contributed by atoms with Crippen molar-refractivity contribution in [2.75, 3.05) is 5.73 Å². The summed E-state index contributed by atoms with van der Waals surface area (Å²) in [6.45, 7) is 2.03. The molecule has 1 fully saturated rings. The molecule has 18 heavy (non-hydrogen) atoms. The van der Waals surface area contributed by atoms with Gasteiger partial charge in [0, 0.05) is 21.5 Å². The van der Waals surface area contributed by atoms with Crippen LogP contribution in [0.4, 0.5) is 5.69 Å². The molecule has 1 aromatic heterocycles. The Morgan fingerprint density at radius 2 is 1.94 bits per heavy atom. The lowest BCUT2D eigenvalue weighted by molar-refractivity contribution is 0.0946. The van der Waals surface area contributed by atoms with Crippen LogP contribution in [0.1, 0.15) is 33.6 Å². The van der Waals surface area contributed by atoms with Gasteiger partial charge in [0.25, 0.3) is 0 Å². The van der Waals surface area contributed by atoms with Gasteiger partial charge in [-0.1, -0.05) is 12.1 Å². The molecular formula is C15H15NOS. The summed E-state index contributed by atoms with van der Waals surface area (Å²) in [4.78, 5) is 13.8. The van der Waals surface area contributed by atoms with Crippen molar-refractivity contribution in [2.24, 2.45) is 0 Å². The first kappa shape index (κ1) is 11.5. The third-order valence-corrected chi connectivity index (χ3v) is 4.50. The van der Waals surface area contributed by atoms with Gasteiger partial charge in [-0.15, -0.1) is 11.3 Å². The number of benzene rings is 1. The molecule has 0 saturated heterocycles. The number of ketones is 1. The zero-order chi connectivity index (χ0) is 12.8. The van der Waals surface area contributed by atoms with E-state index in [0.29, 0.717) is 0 Å². The maximum Gasteiger partial charge on any atom is 0.174 e. The smallest absolute Gasteiger partial charge is 0.174 e. The number of Topliss-reactive ketones (excluding diaryl/α,β-unsaturated/α-hetero) is 1. The highest BCUT2D eigenvalue weighted by molar-refractivity contribution is 7.10. The molecule has 0 aliphatic heterocycles. The van der Waals surface area contributed by atoms with Crippen LogP contribution in [0.15, 0.2) is 35.7 Å². The highest BCUT2D eigenvalue weighted by atomic mass is 32.1. The van der Waals surface area contributed by atoms with E-state index in [2.05, 4.69) is 0 Å². The second kappa shape index (κ2) is 3.95. The van der Waals surface area contributed by atoms with Crippen molar-refractivity contribution in [1.82, 2.24) is 0 Å². The first-order chi connectivity index (χ1) is 8.62. The van der Waals surface area contributed by atoms with Crippen molar-refractivity contribution in [3.63, 3.8) is 0 Å². The third-order valence-electron chi connectivity index (χ3n) is 3.64. The lowest BCUT2D eigenvalue weighted by Gasteiger charge is -2.13. The summed E-state index contributed by atoms with van der Waals surface area (Å²) in [5.74, 6) is 0.261. The molecule has 1 aliphatic rings. The van der Waals surface area contributed by atoms with E-state index in [4.69, 9.17) is 5.73 Å². The van der Waals surface area contributed by atoms with Gasteiger partial charge in [-0.25, -0.2) is 0 Å². The number of anilines is 1. The molecule has 1 aliphatic carbocycles. The minimum atomic E-state index is -0.277. The molecule has 3 rings (SSSR count). The predicted molar refractivity (Wildman–Crippen MR) is 75.2 cm³/mol. The van der Waals surface area contributed by atoms with Crippen LogP contribution < -0.4 is 5.73 Å². The standard InChI is InChI=1S/C15H15NOS/c1-10-8-11(9-18-10)14(17)15(6-7-15)12-2-4-13(16)5-3-12/h2-5,8-9H,6-7,16H2,1H3. The lowest BCUT2D eigenvalue weighted by atomic mass is 9.88. The molecule has 0 bridgehead atoms. The number of nitrogens with two attached hydrogens (primary N) is 1. The zero-order valence-electron chi connectivity index (χ0n) is 10.3. The van der Waals surface area contributed by atoms with Crippen LogP contribution in [0.3, 0.4) is 0 Å². The number of hydrogen-bond acceptors (Lipinski definition) is 3. The van der Waals surface area contributed by atoms with Gasteiger partial charge in [0.2, 0.25) is 0 Å². The van der Waals surface area contributed by atoms with Gasteiger partial charge in [0.1, 0.15) is 0 Å². The molecule has 1 aromatic carbocycles. The Balaban J connectivity index is 1.96. The van der Waals surface area contributed by atoms with Gasteiger partial charge >= 0.3 is 0 Å². The largest absolute Gasteiger partial charge is 0.399 e. The highest BCUT2D eigenvalue weighted by Gasteiger charge is 2.51. The Kier molecular flexibility index (Phi) is 2.52. The Bertz CT molecular complexity index is 593. The minimum absolute atomic E-state index is 0.261. The third kappa shape index (κ3) is 1.75. The van der Waals surface area contributed by atoms with Crippen molar-refractivity contribution in [3.8, 4) is 0 Å². The summed E-state index contributed by atoms with van der Waals surface area (Å²) in [6, 6.07) is 9.71. The topological polar surface area (TPSA) is 43.1 Å². The number of carbonyl (C=O) groups excluding carboxylic acids is 1. The van der Waals surface area contributed by atoms with Crippen LogP contribution in [0.25, 0.3) is 0 Å². The summed E-state index contributed by atoms with van der Waals surface area (Å²) < 4.78 is 0. The van der Waals surface area contributed by atoms with Crippen LogP contribution in [0.5, 0.6) is 0 Å². The second-order valence-corrected chi connectivity index (χ2v) is 6.09. The van der Waals surface area contributed by atoms with Crippen LogP contribution >= 0.6 is 11.3 Å². The van der Waals surface area contributed by atoms with Gasteiger partial charge in [-0.2, -0.15) is 0 Å². The molecule has 2 nitrogen and oxygen atoms in total. The fourth-order valence-electron chi connectivity index (χ4n) is 2.41. The van der Waals surface area contributed by atoms with Crippen LogP contribution in [-0.4, -0.2) is 5.78 Å². The van der Waals surface area contributed by atoms with Gasteiger partial charge in [0.15, 0.2) is 5.78 Å². The highest BCUT2D eigenvalue weighted by Crippen LogP contribution is 2.50. The Morgan fingerprint density at radius 1 is 1.28 bits per heavy atom. The first-order valence-electron chi connectivity index (χ1n) is 6.08. The fourth-order valence-corrected chi connectivity index (χ4v) is 3.10. The van der Waals surface area contributed by atoms with Gasteiger partial charge in [-0.3, -0.25) is 4.79 Å². The molecule has 2 aromatic rings. The first-order valence-corrected chi connectivity index (χ1v) is 6.96. The van der Waals surface area contributed by atoms with Crippen LogP contribution in [0.2, 0.25) is 0 Å². The molecule has 3 heteroatoms. The van der Waals surface area contributed by atoms with E-state index in [0.717, 1.165) is 29.7 Å². The van der Waals surface area contributed by atoms with E-state index >= 15 is 0 Å². The average molecular weight is 257 g/mol. The van der Waals surface area contributed by atoms with E-state index in [1.54, 1.807) is 11.3 Å². The number of rotatable bonds is 3. The van der Waals surface area contributed by atoms with Crippen molar-refractivity contribution in [3.05, 3.63) is 51.7 Å². The minimum Gasteiger partial charge on any atom is -0.399 e. The summed E-state index contributed by atoms with van der Waals surface area (Å²) >= 11 is 1.63. The molecule has 2 N–H and O–H groups in total. The number of aryl methyl sites for hydroxylation is 1. The average Bonchev–Trinajstić information content (AvgIpc) is 3.06. The number of nitrogen functional groups attached to an aromatic ring is 1. The lowest BCUT2D eigenvalue weighted by Crippen LogP contribution is -2.20. The molecule has 0 atom stereocenters. The van der Waals surface area contributed by atoms with Gasteiger partial charge in [-0.05, 0) is 43.5 Å². The Morgan fingerprint density at radius 3 is 2.44 bits per heavy atom. The van der Waals surface area contributed by atoms with Crippen molar-refractivity contribution < 1.29 is 4.79 Å². The number of hydrogen-bond donors (Lipinski definition) is 1. The molecule has 1 saturated carbocycles. The van der Waals surface area contributed by atoms with E-state index < -0.39 is 0 Å². The normalized spacial score (nSPS) is 16.5. The molecule has 92 valence electrons. The molecule has 0 radical (unpaired) electrons. The molecule has 1 heterocycles. The monoisotopic (exact) mass is 257 g/mol. The number of carbonyl (C=O) groups is 1. The molecular weight excluding hydrogens is 242 g/mol.